The number of benzene rings is 2. The maximum absolute atomic E-state index is 15.1. The Balaban J connectivity index is 1.63. The normalized spacial score (nSPS) is 27.7. The number of carbonyl (C=O) groups is 3. The molecule has 2 aromatic rings. The van der Waals surface area contributed by atoms with Crippen LogP contribution in [0.15, 0.2) is 73.8 Å². The number of anilines is 1. The molecule has 2 aromatic carbocycles. The van der Waals surface area contributed by atoms with E-state index in [9.17, 15) is 14.7 Å². The highest BCUT2D eigenvalue weighted by Crippen LogP contribution is 2.64. The zero-order chi connectivity index (χ0) is 33.4. The van der Waals surface area contributed by atoms with Gasteiger partial charge in [-0.05, 0) is 62.3 Å². The number of nitrogens with zero attached hydrogens (tertiary/aromatic N) is 3. The molecule has 0 saturated carbocycles. The Morgan fingerprint density at radius 1 is 1.09 bits per heavy atom. The highest BCUT2D eigenvalue weighted by molar-refractivity contribution is 6.05. The van der Waals surface area contributed by atoms with E-state index in [1.54, 1.807) is 26.9 Å². The molecule has 3 amide bonds. The molecule has 0 radical (unpaired) electrons. The van der Waals surface area contributed by atoms with E-state index in [4.69, 9.17) is 4.74 Å². The number of aliphatic hydroxyl groups excluding tert-OH is 1. The number of fused-ring (bicyclic) bond motifs is 1. The Hall–Kier alpha value is -3.75. The molecule has 3 heterocycles. The fourth-order valence-electron chi connectivity index (χ4n) is 8.17. The van der Waals surface area contributed by atoms with Crippen LogP contribution in [-0.4, -0.2) is 75.6 Å². The quantitative estimate of drug-likeness (QED) is 0.308. The third kappa shape index (κ3) is 5.49. The molecule has 3 fully saturated rings. The number of aliphatic hydroxyl groups is 1. The second kappa shape index (κ2) is 13.2. The number of carbonyl (C=O) groups excluding carboxylic acids is 3. The van der Waals surface area contributed by atoms with Crippen LogP contribution in [0.2, 0.25) is 0 Å². The van der Waals surface area contributed by atoms with Crippen molar-refractivity contribution in [1.29, 1.82) is 0 Å². The number of ether oxygens (including phenoxy) is 1. The molecule has 2 bridgehead atoms. The van der Waals surface area contributed by atoms with Gasteiger partial charge in [-0.3, -0.25) is 14.4 Å². The monoisotopic (exact) mass is 627 g/mol. The van der Waals surface area contributed by atoms with Gasteiger partial charge in [-0.25, -0.2) is 0 Å². The van der Waals surface area contributed by atoms with Crippen molar-refractivity contribution in [2.75, 3.05) is 24.6 Å². The van der Waals surface area contributed by atoms with Gasteiger partial charge in [0, 0.05) is 25.3 Å². The van der Waals surface area contributed by atoms with E-state index in [-0.39, 0.29) is 36.8 Å². The van der Waals surface area contributed by atoms with Gasteiger partial charge < -0.3 is 24.5 Å². The fourth-order valence-corrected chi connectivity index (χ4v) is 8.17. The summed E-state index contributed by atoms with van der Waals surface area (Å²) >= 11 is 0. The standard InChI is InChI=1S/C38H49N3O5/c1-8-20-39(23-28-14-12-11-13-15-28)34(43)31-32-35(44)41(30(24-42)26(5)10-3)33(38(32)19-18-37(31,7)46-38)36(45)40(21-9-2)29-22-25(4)16-17-27(29)6/h8-9,11-17,22,26,30-33,42H,1-2,10,18-21,23-24H2,3-7H3/t26-,30-,31+,32-,33?,37-,38?/m0/s1. The van der Waals surface area contributed by atoms with Gasteiger partial charge in [0.05, 0.1) is 30.1 Å². The third-order valence-electron chi connectivity index (χ3n) is 10.7. The zero-order valence-electron chi connectivity index (χ0n) is 27.9. The first-order valence-corrected chi connectivity index (χ1v) is 16.5. The van der Waals surface area contributed by atoms with Crippen LogP contribution in [0, 0.1) is 31.6 Å². The molecular formula is C38H49N3O5. The molecule has 5 rings (SSSR count). The third-order valence-corrected chi connectivity index (χ3v) is 10.7. The molecule has 246 valence electrons. The largest absolute Gasteiger partial charge is 0.394 e. The topological polar surface area (TPSA) is 90.4 Å². The average molecular weight is 628 g/mol. The minimum atomic E-state index is -1.21. The van der Waals surface area contributed by atoms with Crippen molar-refractivity contribution in [1.82, 2.24) is 9.80 Å². The lowest BCUT2D eigenvalue weighted by Crippen LogP contribution is -2.60. The smallest absolute Gasteiger partial charge is 0.253 e. The van der Waals surface area contributed by atoms with Crippen LogP contribution in [0.4, 0.5) is 5.69 Å². The van der Waals surface area contributed by atoms with Gasteiger partial charge in [0.2, 0.25) is 11.8 Å². The molecule has 0 aromatic heterocycles. The molecule has 3 aliphatic heterocycles. The summed E-state index contributed by atoms with van der Waals surface area (Å²) in [6.07, 6.45) is 5.09. The van der Waals surface area contributed by atoms with E-state index in [2.05, 4.69) is 13.2 Å². The summed E-state index contributed by atoms with van der Waals surface area (Å²) in [4.78, 5) is 49.6. The van der Waals surface area contributed by atoms with Crippen molar-refractivity contribution in [3.63, 3.8) is 0 Å². The Bertz CT molecular complexity index is 1490. The number of hydrogen-bond donors (Lipinski definition) is 1. The van der Waals surface area contributed by atoms with Crippen LogP contribution in [0.5, 0.6) is 0 Å². The van der Waals surface area contributed by atoms with E-state index >= 15 is 4.79 Å². The number of aryl methyl sites for hydroxylation is 2. The van der Waals surface area contributed by atoms with Crippen LogP contribution >= 0.6 is 0 Å². The molecule has 1 N–H and O–H groups in total. The minimum Gasteiger partial charge on any atom is -0.394 e. The van der Waals surface area contributed by atoms with E-state index in [1.807, 2.05) is 83.1 Å². The van der Waals surface area contributed by atoms with Gasteiger partial charge >= 0.3 is 0 Å². The van der Waals surface area contributed by atoms with Crippen LogP contribution in [0.3, 0.4) is 0 Å². The maximum Gasteiger partial charge on any atom is 0.253 e. The van der Waals surface area contributed by atoms with E-state index in [0.717, 1.165) is 22.4 Å². The summed E-state index contributed by atoms with van der Waals surface area (Å²) in [6, 6.07) is 14.1. The lowest BCUT2D eigenvalue weighted by molar-refractivity contribution is -0.153. The summed E-state index contributed by atoms with van der Waals surface area (Å²) in [5.41, 5.74) is 1.50. The summed E-state index contributed by atoms with van der Waals surface area (Å²) in [5.74, 6) is -2.50. The highest BCUT2D eigenvalue weighted by Gasteiger charge is 2.79. The van der Waals surface area contributed by atoms with Crippen LogP contribution in [0.25, 0.3) is 0 Å². The molecule has 7 atom stereocenters. The molecule has 3 aliphatic rings. The molecule has 0 aliphatic carbocycles. The lowest BCUT2D eigenvalue weighted by Gasteiger charge is -2.41. The molecule has 2 unspecified atom stereocenters. The molecule has 3 saturated heterocycles. The van der Waals surface area contributed by atoms with Gasteiger partial charge in [-0.2, -0.15) is 0 Å². The minimum absolute atomic E-state index is 0.0923. The first kappa shape index (κ1) is 33.6. The summed E-state index contributed by atoms with van der Waals surface area (Å²) in [7, 11) is 0. The van der Waals surface area contributed by atoms with Crippen molar-refractivity contribution >= 4 is 23.4 Å². The predicted molar refractivity (Wildman–Crippen MR) is 180 cm³/mol. The Labute approximate surface area is 273 Å². The number of hydrogen-bond acceptors (Lipinski definition) is 5. The van der Waals surface area contributed by atoms with Gasteiger partial charge in [0.1, 0.15) is 11.6 Å². The van der Waals surface area contributed by atoms with E-state index in [1.165, 1.54) is 0 Å². The molecule has 8 heteroatoms. The summed E-state index contributed by atoms with van der Waals surface area (Å²) < 4.78 is 6.95. The van der Waals surface area contributed by atoms with Gasteiger partial charge in [-0.1, -0.05) is 74.9 Å². The predicted octanol–water partition coefficient (Wildman–Crippen LogP) is 5.21. The van der Waals surface area contributed by atoms with Crippen LogP contribution in [-0.2, 0) is 25.7 Å². The second-order valence-corrected chi connectivity index (χ2v) is 13.6. The first-order valence-electron chi connectivity index (χ1n) is 16.5. The van der Waals surface area contributed by atoms with Crippen molar-refractivity contribution in [2.24, 2.45) is 17.8 Å². The van der Waals surface area contributed by atoms with Crippen LogP contribution in [0.1, 0.15) is 56.7 Å². The Morgan fingerprint density at radius 3 is 2.41 bits per heavy atom. The second-order valence-electron chi connectivity index (χ2n) is 13.6. The lowest BCUT2D eigenvalue weighted by atomic mass is 9.66. The van der Waals surface area contributed by atoms with Gasteiger partial charge in [0.15, 0.2) is 0 Å². The number of likely N-dealkylation sites (tertiary alicyclic amines) is 1. The molecule has 1 spiro atoms. The zero-order valence-corrected chi connectivity index (χ0v) is 27.9. The van der Waals surface area contributed by atoms with Crippen molar-refractivity contribution in [3.8, 4) is 0 Å². The first-order chi connectivity index (χ1) is 22.0. The van der Waals surface area contributed by atoms with E-state index in [0.29, 0.717) is 32.4 Å². The van der Waals surface area contributed by atoms with Crippen molar-refractivity contribution in [3.05, 3.63) is 90.5 Å². The SMILES string of the molecule is C=CCN(Cc1ccccc1)C(=O)[C@H]1[C@H]2C(=O)N([C@@H](CO)[C@@H](C)CC)C(C(=O)N(CC=C)c3cc(C)ccc3C)C23CC[C@]1(C)O3. The maximum atomic E-state index is 15.1. The summed E-state index contributed by atoms with van der Waals surface area (Å²) in [6.45, 7) is 18.3. The number of amides is 3. The molecule has 46 heavy (non-hydrogen) atoms. The van der Waals surface area contributed by atoms with Gasteiger partial charge in [-0.15, -0.1) is 13.2 Å². The summed E-state index contributed by atoms with van der Waals surface area (Å²) in [5, 5.41) is 10.8. The average Bonchev–Trinajstić information content (AvgIpc) is 3.61. The fraction of sp³-hybridized carbons (Fsp3) is 0.500. The van der Waals surface area contributed by atoms with E-state index < -0.39 is 35.1 Å². The van der Waals surface area contributed by atoms with Gasteiger partial charge in [0.25, 0.3) is 5.91 Å². The van der Waals surface area contributed by atoms with Crippen LogP contribution < -0.4 is 4.90 Å². The van der Waals surface area contributed by atoms with Crippen molar-refractivity contribution < 1.29 is 24.2 Å². The Kier molecular flexibility index (Phi) is 9.62. The molecular weight excluding hydrogens is 578 g/mol. The molecule has 8 nitrogen and oxygen atoms in total. The van der Waals surface area contributed by atoms with Crippen molar-refractivity contribution in [2.45, 2.75) is 83.7 Å². The Morgan fingerprint density at radius 2 is 1.78 bits per heavy atom. The highest BCUT2D eigenvalue weighted by atomic mass is 16.5. The number of rotatable bonds is 13.